The van der Waals surface area contributed by atoms with Gasteiger partial charge in [-0.15, -0.1) is 11.8 Å². The van der Waals surface area contributed by atoms with Gasteiger partial charge in [0, 0.05) is 38.4 Å². The summed E-state index contributed by atoms with van der Waals surface area (Å²) in [4.78, 5) is 1.28. The lowest BCUT2D eigenvalue weighted by Gasteiger charge is -2.13. The van der Waals surface area contributed by atoms with Gasteiger partial charge < -0.3 is 14.2 Å². The summed E-state index contributed by atoms with van der Waals surface area (Å²) >= 11 is 1.87. The minimum atomic E-state index is -0.272. The van der Waals surface area contributed by atoms with E-state index in [4.69, 9.17) is 14.2 Å². The van der Waals surface area contributed by atoms with E-state index in [-0.39, 0.29) is 6.29 Å². The Morgan fingerprint density at radius 1 is 1.00 bits per heavy atom. The second kappa shape index (κ2) is 9.39. The standard InChI is InChI=1S/C14H22O3S/c1-15-10-4-5-11-18-13-8-6-12(7-9-13)14(16-2)17-3/h6-9,14H,4-5,10-11H2,1-3H3. The predicted octanol–water partition coefficient (Wildman–Crippen LogP) is 3.50. The Balaban J connectivity index is 2.35. The highest BCUT2D eigenvalue weighted by Crippen LogP contribution is 2.23. The molecule has 0 aromatic heterocycles. The summed E-state index contributed by atoms with van der Waals surface area (Å²) < 4.78 is 15.4. The smallest absolute Gasteiger partial charge is 0.183 e. The molecule has 1 aromatic carbocycles. The number of thioether (sulfide) groups is 1. The third-order valence-corrected chi connectivity index (χ3v) is 3.69. The monoisotopic (exact) mass is 270 g/mol. The molecule has 0 amide bonds. The third kappa shape index (κ3) is 5.40. The number of methoxy groups -OCH3 is 3. The molecular formula is C14H22O3S. The van der Waals surface area contributed by atoms with E-state index in [2.05, 4.69) is 24.3 Å². The molecule has 1 rings (SSSR count). The van der Waals surface area contributed by atoms with Crippen molar-refractivity contribution in [3.05, 3.63) is 29.8 Å². The molecular weight excluding hydrogens is 248 g/mol. The predicted molar refractivity (Wildman–Crippen MR) is 75.0 cm³/mol. The molecule has 0 radical (unpaired) electrons. The van der Waals surface area contributed by atoms with Crippen LogP contribution in [0, 0.1) is 0 Å². The fourth-order valence-electron chi connectivity index (χ4n) is 1.63. The summed E-state index contributed by atoms with van der Waals surface area (Å²) in [5.41, 5.74) is 1.05. The average Bonchev–Trinajstić information content (AvgIpc) is 2.41. The maximum atomic E-state index is 5.21. The highest BCUT2D eigenvalue weighted by molar-refractivity contribution is 7.99. The van der Waals surface area contributed by atoms with Crippen LogP contribution in [0.1, 0.15) is 24.7 Å². The lowest BCUT2D eigenvalue weighted by Crippen LogP contribution is -2.02. The molecule has 102 valence electrons. The summed E-state index contributed by atoms with van der Waals surface area (Å²) in [6.45, 7) is 0.850. The maximum absolute atomic E-state index is 5.21. The van der Waals surface area contributed by atoms with Gasteiger partial charge in [-0.2, -0.15) is 0 Å². The van der Waals surface area contributed by atoms with Crippen molar-refractivity contribution < 1.29 is 14.2 Å². The maximum Gasteiger partial charge on any atom is 0.183 e. The van der Waals surface area contributed by atoms with E-state index in [0.717, 1.165) is 24.3 Å². The van der Waals surface area contributed by atoms with Gasteiger partial charge in [0.1, 0.15) is 0 Å². The van der Waals surface area contributed by atoms with E-state index in [1.54, 1.807) is 21.3 Å². The number of hydrogen-bond donors (Lipinski definition) is 0. The van der Waals surface area contributed by atoms with Crippen LogP contribution in [0.2, 0.25) is 0 Å². The minimum Gasteiger partial charge on any atom is -0.385 e. The van der Waals surface area contributed by atoms with E-state index in [1.165, 1.54) is 11.3 Å². The van der Waals surface area contributed by atoms with Gasteiger partial charge in [-0.1, -0.05) is 12.1 Å². The first kappa shape index (κ1) is 15.5. The summed E-state index contributed by atoms with van der Waals surface area (Å²) in [6, 6.07) is 8.33. The van der Waals surface area contributed by atoms with Gasteiger partial charge in [0.25, 0.3) is 0 Å². The fraction of sp³-hybridized carbons (Fsp3) is 0.571. The zero-order valence-electron chi connectivity index (χ0n) is 11.3. The molecule has 0 unspecified atom stereocenters. The van der Waals surface area contributed by atoms with E-state index in [1.807, 2.05) is 11.8 Å². The van der Waals surface area contributed by atoms with Crippen molar-refractivity contribution in [1.82, 2.24) is 0 Å². The minimum absolute atomic E-state index is 0.272. The Kier molecular flexibility index (Phi) is 8.09. The summed E-state index contributed by atoms with van der Waals surface area (Å²) in [5, 5.41) is 0. The molecule has 0 saturated heterocycles. The second-order valence-corrected chi connectivity index (χ2v) is 5.09. The van der Waals surface area contributed by atoms with Crippen molar-refractivity contribution in [2.75, 3.05) is 33.7 Å². The van der Waals surface area contributed by atoms with E-state index in [9.17, 15) is 0 Å². The van der Waals surface area contributed by atoms with Crippen LogP contribution in [0.5, 0.6) is 0 Å². The van der Waals surface area contributed by atoms with Crippen LogP contribution in [0.15, 0.2) is 29.2 Å². The van der Waals surface area contributed by atoms with Crippen molar-refractivity contribution in [3.8, 4) is 0 Å². The molecule has 0 aliphatic carbocycles. The first-order chi connectivity index (χ1) is 8.81. The molecule has 3 nitrogen and oxygen atoms in total. The summed E-state index contributed by atoms with van der Waals surface area (Å²) in [6.07, 6.45) is 2.03. The highest BCUT2D eigenvalue weighted by atomic mass is 32.2. The Bertz CT molecular complexity index is 309. The molecule has 0 N–H and O–H groups in total. The van der Waals surface area contributed by atoms with Crippen LogP contribution in [0.25, 0.3) is 0 Å². The molecule has 0 aliphatic rings. The van der Waals surface area contributed by atoms with Crippen LogP contribution < -0.4 is 0 Å². The number of rotatable bonds is 9. The molecule has 0 spiro atoms. The number of ether oxygens (including phenoxy) is 3. The number of hydrogen-bond acceptors (Lipinski definition) is 4. The first-order valence-electron chi connectivity index (χ1n) is 6.09. The lowest BCUT2D eigenvalue weighted by molar-refractivity contribution is -0.106. The van der Waals surface area contributed by atoms with Crippen molar-refractivity contribution in [3.63, 3.8) is 0 Å². The van der Waals surface area contributed by atoms with Crippen LogP contribution >= 0.6 is 11.8 Å². The Morgan fingerprint density at radius 3 is 2.22 bits per heavy atom. The van der Waals surface area contributed by atoms with Crippen LogP contribution in [0.4, 0.5) is 0 Å². The van der Waals surface area contributed by atoms with Gasteiger partial charge >= 0.3 is 0 Å². The van der Waals surface area contributed by atoms with Crippen LogP contribution in [0.3, 0.4) is 0 Å². The first-order valence-corrected chi connectivity index (χ1v) is 7.07. The van der Waals surface area contributed by atoms with Crippen LogP contribution in [-0.4, -0.2) is 33.7 Å². The van der Waals surface area contributed by atoms with Gasteiger partial charge in [-0.05, 0) is 30.7 Å². The quantitative estimate of drug-likeness (QED) is 0.390. The molecule has 0 aliphatic heterocycles. The molecule has 4 heteroatoms. The Hall–Kier alpha value is -0.550. The third-order valence-electron chi connectivity index (χ3n) is 2.59. The van der Waals surface area contributed by atoms with E-state index < -0.39 is 0 Å². The molecule has 0 atom stereocenters. The zero-order chi connectivity index (χ0) is 13.2. The number of unbranched alkanes of at least 4 members (excludes halogenated alkanes) is 1. The SMILES string of the molecule is COCCCCSc1ccc(C(OC)OC)cc1. The molecule has 0 saturated carbocycles. The van der Waals surface area contributed by atoms with Crippen molar-refractivity contribution in [2.24, 2.45) is 0 Å². The van der Waals surface area contributed by atoms with Crippen molar-refractivity contribution in [1.29, 1.82) is 0 Å². The van der Waals surface area contributed by atoms with E-state index >= 15 is 0 Å². The van der Waals surface area contributed by atoms with Gasteiger partial charge in [0.05, 0.1) is 0 Å². The summed E-state index contributed by atoms with van der Waals surface area (Å²) in [7, 11) is 5.03. The van der Waals surface area contributed by atoms with Crippen molar-refractivity contribution in [2.45, 2.75) is 24.0 Å². The Labute approximate surface area is 114 Å². The Morgan fingerprint density at radius 2 is 1.67 bits per heavy atom. The fourth-order valence-corrected chi connectivity index (χ4v) is 2.54. The summed E-state index contributed by atoms with van der Waals surface area (Å²) in [5.74, 6) is 1.13. The molecule has 18 heavy (non-hydrogen) atoms. The highest BCUT2D eigenvalue weighted by Gasteiger charge is 2.07. The molecule has 0 bridgehead atoms. The van der Waals surface area contributed by atoms with Gasteiger partial charge in [-0.25, -0.2) is 0 Å². The molecule has 0 fully saturated rings. The molecule has 0 heterocycles. The zero-order valence-corrected chi connectivity index (χ0v) is 12.2. The number of benzene rings is 1. The normalized spacial score (nSPS) is 11.1. The van der Waals surface area contributed by atoms with Crippen LogP contribution in [-0.2, 0) is 14.2 Å². The molecule has 1 aromatic rings. The lowest BCUT2D eigenvalue weighted by atomic mass is 10.2. The van der Waals surface area contributed by atoms with E-state index in [0.29, 0.717) is 0 Å². The topological polar surface area (TPSA) is 27.7 Å². The second-order valence-electron chi connectivity index (χ2n) is 3.92. The van der Waals surface area contributed by atoms with Gasteiger partial charge in [-0.3, -0.25) is 0 Å². The van der Waals surface area contributed by atoms with Gasteiger partial charge in [0.2, 0.25) is 0 Å². The van der Waals surface area contributed by atoms with Gasteiger partial charge in [0.15, 0.2) is 6.29 Å². The largest absolute Gasteiger partial charge is 0.385 e. The average molecular weight is 270 g/mol. The van der Waals surface area contributed by atoms with Crippen molar-refractivity contribution >= 4 is 11.8 Å².